The minimum Gasteiger partial charge on any atom is -0.493 e. The highest BCUT2D eigenvalue weighted by molar-refractivity contribution is 5.92. The molecular weight excluding hydrogens is 232 g/mol. The van der Waals surface area contributed by atoms with Crippen molar-refractivity contribution in [2.24, 2.45) is 0 Å². The van der Waals surface area contributed by atoms with Gasteiger partial charge in [0.2, 0.25) is 5.76 Å². The Morgan fingerprint density at radius 3 is 2.89 bits per heavy atom. The monoisotopic (exact) mass is 248 g/mol. The first-order chi connectivity index (χ1) is 8.74. The van der Waals surface area contributed by atoms with Crippen LogP contribution in [0.1, 0.15) is 30.3 Å². The van der Waals surface area contributed by atoms with Gasteiger partial charge < -0.3 is 13.9 Å². The van der Waals surface area contributed by atoms with Crippen LogP contribution in [0.15, 0.2) is 28.7 Å². The molecule has 4 nitrogen and oxygen atoms in total. The largest absolute Gasteiger partial charge is 0.493 e. The van der Waals surface area contributed by atoms with E-state index < -0.39 is 5.97 Å². The maximum atomic E-state index is 11.3. The predicted molar refractivity (Wildman–Crippen MR) is 68.0 cm³/mol. The highest BCUT2D eigenvalue weighted by Gasteiger charge is 2.12. The summed E-state index contributed by atoms with van der Waals surface area (Å²) in [6.45, 7) is 2.80. The second kappa shape index (κ2) is 5.58. The molecule has 0 N–H and O–H groups in total. The van der Waals surface area contributed by atoms with E-state index in [9.17, 15) is 4.79 Å². The molecule has 18 heavy (non-hydrogen) atoms. The summed E-state index contributed by atoms with van der Waals surface area (Å²) < 4.78 is 15.6. The minimum absolute atomic E-state index is 0.207. The van der Waals surface area contributed by atoms with E-state index in [-0.39, 0.29) is 5.76 Å². The lowest BCUT2D eigenvalue weighted by atomic mass is 10.2. The average Bonchev–Trinajstić information content (AvgIpc) is 2.81. The van der Waals surface area contributed by atoms with Gasteiger partial charge in [0.05, 0.1) is 13.7 Å². The Labute approximate surface area is 105 Å². The van der Waals surface area contributed by atoms with E-state index in [1.807, 2.05) is 12.1 Å². The molecule has 0 saturated carbocycles. The summed E-state index contributed by atoms with van der Waals surface area (Å²) in [5, 5.41) is 0.859. The van der Waals surface area contributed by atoms with Gasteiger partial charge in [0.1, 0.15) is 11.3 Å². The van der Waals surface area contributed by atoms with Crippen molar-refractivity contribution >= 4 is 16.9 Å². The van der Waals surface area contributed by atoms with Gasteiger partial charge in [-0.3, -0.25) is 0 Å². The summed E-state index contributed by atoms with van der Waals surface area (Å²) >= 11 is 0. The summed E-state index contributed by atoms with van der Waals surface area (Å²) in [5.41, 5.74) is 0.629. The standard InChI is InChI=1S/C14H16O4/c1-3-4-7-17-11-6-5-10-8-13(14(15)16-2)18-12(10)9-11/h5-6,8-9H,3-4,7H2,1-2H3. The molecule has 1 aromatic heterocycles. The van der Waals surface area contributed by atoms with E-state index in [1.165, 1.54) is 7.11 Å². The third kappa shape index (κ3) is 2.64. The molecule has 0 bridgehead atoms. The molecule has 1 heterocycles. The molecule has 0 saturated heterocycles. The molecule has 96 valence electrons. The van der Waals surface area contributed by atoms with Crippen LogP contribution in [0.3, 0.4) is 0 Å². The molecule has 0 aliphatic carbocycles. The Kier molecular flexibility index (Phi) is 3.87. The number of carbonyl (C=O) groups is 1. The van der Waals surface area contributed by atoms with Crippen LogP contribution >= 0.6 is 0 Å². The average molecular weight is 248 g/mol. The van der Waals surface area contributed by atoms with Crippen LogP contribution in [0.5, 0.6) is 5.75 Å². The van der Waals surface area contributed by atoms with Gasteiger partial charge in [-0.15, -0.1) is 0 Å². The molecule has 4 heteroatoms. The lowest BCUT2D eigenvalue weighted by Crippen LogP contribution is -1.97. The summed E-state index contributed by atoms with van der Waals surface area (Å²) in [4.78, 5) is 11.3. The maximum absolute atomic E-state index is 11.3. The van der Waals surface area contributed by atoms with Crippen LogP contribution in [-0.4, -0.2) is 19.7 Å². The minimum atomic E-state index is -0.473. The number of hydrogen-bond donors (Lipinski definition) is 0. The number of esters is 1. The van der Waals surface area contributed by atoms with Crippen molar-refractivity contribution < 1.29 is 18.7 Å². The molecule has 0 amide bonds. The number of benzene rings is 1. The second-order valence-electron chi connectivity index (χ2n) is 4.00. The molecule has 2 rings (SSSR count). The zero-order valence-electron chi connectivity index (χ0n) is 10.6. The van der Waals surface area contributed by atoms with Crippen molar-refractivity contribution in [2.45, 2.75) is 19.8 Å². The number of furan rings is 1. The third-order valence-electron chi connectivity index (χ3n) is 2.64. The first-order valence-electron chi connectivity index (χ1n) is 5.99. The van der Waals surface area contributed by atoms with Gasteiger partial charge in [-0.05, 0) is 24.6 Å². The van der Waals surface area contributed by atoms with Gasteiger partial charge in [-0.1, -0.05) is 13.3 Å². The first-order valence-corrected chi connectivity index (χ1v) is 5.99. The van der Waals surface area contributed by atoms with Crippen LogP contribution in [-0.2, 0) is 4.74 Å². The van der Waals surface area contributed by atoms with Gasteiger partial charge in [0.15, 0.2) is 0 Å². The van der Waals surface area contributed by atoms with Crippen molar-refractivity contribution in [3.05, 3.63) is 30.0 Å². The summed E-state index contributed by atoms with van der Waals surface area (Å²) in [6.07, 6.45) is 2.11. The summed E-state index contributed by atoms with van der Waals surface area (Å²) in [5.74, 6) is 0.486. The fourth-order valence-electron chi connectivity index (χ4n) is 1.64. The number of ether oxygens (including phenoxy) is 2. The molecule has 0 aliphatic heterocycles. The van der Waals surface area contributed by atoms with Crippen molar-refractivity contribution in [2.75, 3.05) is 13.7 Å². The normalized spacial score (nSPS) is 10.6. The zero-order chi connectivity index (χ0) is 13.0. The van der Waals surface area contributed by atoms with E-state index in [4.69, 9.17) is 9.15 Å². The van der Waals surface area contributed by atoms with E-state index in [1.54, 1.807) is 12.1 Å². The third-order valence-corrected chi connectivity index (χ3v) is 2.64. The molecule has 0 spiro atoms. The highest BCUT2D eigenvalue weighted by Crippen LogP contribution is 2.24. The Balaban J connectivity index is 2.20. The van der Waals surface area contributed by atoms with Gasteiger partial charge in [-0.2, -0.15) is 0 Å². The van der Waals surface area contributed by atoms with Crippen molar-refractivity contribution in [1.29, 1.82) is 0 Å². The maximum Gasteiger partial charge on any atom is 0.373 e. The van der Waals surface area contributed by atoms with Crippen LogP contribution in [0.25, 0.3) is 11.0 Å². The van der Waals surface area contributed by atoms with E-state index in [0.29, 0.717) is 12.2 Å². The lowest BCUT2D eigenvalue weighted by molar-refractivity contribution is 0.0567. The quantitative estimate of drug-likeness (QED) is 0.601. The Morgan fingerprint density at radius 1 is 1.33 bits per heavy atom. The molecular formula is C14H16O4. The van der Waals surface area contributed by atoms with Crippen LogP contribution in [0.4, 0.5) is 0 Å². The molecule has 2 aromatic rings. The first kappa shape index (κ1) is 12.5. The number of hydrogen-bond acceptors (Lipinski definition) is 4. The highest BCUT2D eigenvalue weighted by atomic mass is 16.5. The Morgan fingerprint density at radius 2 is 2.17 bits per heavy atom. The lowest BCUT2D eigenvalue weighted by Gasteiger charge is -2.04. The fraction of sp³-hybridized carbons (Fsp3) is 0.357. The van der Waals surface area contributed by atoms with E-state index in [2.05, 4.69) is 11.7 Å². The Bertz CT molecular complexity index is 542. The number of rotatable bonds is 5. The van der Waals surface area contributed by atoms with Crippen LogP contribution in [0.2, 0.25) is 0 Å². The van der Waals surface area contributed by atoms with Crippen molar-refractivity contribution in [1.82, 2.24) is 0 Å². The number of unbranched alkanes of at least 4 members (excludes halogenated alkanes) is 1. The zero-order valence-corrected chi connectivity index (χ0v) is 10.6. The van der Waals surface area contributed by atoms with Crippen molar-refractivity contribution in [3.63, 3.8) is 0 Å². The molecule has 1 aromatic carbocycles. The van der Waals surface area contributed by atoms with Gasteiger partial charge >= 0.3 is 5.97 Å². The molecule has 0 radical (unpaired) electrons. The van der Waals surface area contributed by atoms with Gasteiger partial charge in [-0.25, -0.2) is 4.79 Å². The fourth-order valence-corrected chi connectivity index (χ4v) is 1.64. The van der Waals surface area contributed by atoms with Crippen molar-refractivity contribution in [3.8, 4) is 5.75 Å². The molecule has 0 aliphatic rings. The van der Waals surface area contributed by atoms with Crippen LogP contribution < -0.4 is 4.74 Å². The number of carbonyl (C=O) groups excluding carboxylic acids is 1. The number of methoxy groups -OCH3 is 1. The molecule has 0 unspecified atom stereocenters. The summed E-state index contributed by atoms with van der Waals surface area (Å²) in [7, 11) is 1.33. The molecule has 0 fully saturated rings. The smallest absolute Gasteiger partial charge is 0.373 e. The van der Waals surface area contributed by atoms with Crippen LogP contribution in [0, 0.1) is 0 Å². The second-order valence-corrected chi connectivity index (χ2v) is 4.00. The molecule has 0 atom stereocenters. The van der Waals surface area contributed by atoms with Gasteiger partial charge in [0.25, 0.3) is 0 Å². The SMILES string of the molecule is CCCCOc1ccc2cc(C(=O)OC)oc2c1. The van der Waals surface area contributed by atoms with Gasteiger partial charge in [0, 0.05) is 11.5 Å². The number of fused-ring (bicyclic) bond motifs is 1. The summed E-state index contributed by atoms with van der Waals surface area (Å²) in [6, 6.07) is 7.19. The van der Waals surface area contributed by atoms with E-state index >= 15 is 0 Å². The van der Waals surface area contributed by atoms with E-state index in [0.717, 1.165) is 24.0 Å². The Hall–Kier alpha value is -1.97. The predicted octanol–water partition coefficient (Wildman–Crippen LogP) is 3.40. The topological polar surface area (TPSA) is 48.7 Å².